The van der Waals surface area contributed by atoms with E-state index in [-0.39, 0.29) is 42.2 Å². The van der Waals surface area contributed by atoms with Crippen LogP contribution in [0, 0.1) is 17.8 Å². The van der Waals surface area contributed by atoms with Gasteiger partial charge in [0.05, 0.1) is 48.3 Å². The van der Waals surface area contributed by atoms with Crippen LogP contribution in [0.1, 0.15) is 79.7 Å². The normalized spacial score (nSPS) is 19.1. The predicted octanol–water partition coefficient (Wildman–Crippen LogP) is 3.49. The van der Waals surface area contributed by atoms with Gasteiger partial charge < -0.3 is 30.2 Å². The number of carbonyl (C=O) groups is 4. The van der Waals surface area contributed by atoms with E-state index in [4.69, 9.17) is 32.2 Å². The number of thiocarbonyl (C=S) groups is 1. The van der Waals surface area contributed by atoms with Crippen molar-refractivity contribution in [3.8, 4) is 0 Å². The molecule has 0 bridgehead atoms. The van der Waals surface area contributed by atoms with Crippen molar-refractivity contribution < 1.29 is 33.4 Å². The molecule has 0 aromatic heterocycles. The topological polar surface area (TPSA) is 153 Å². The van der Waals surface area contributed by atoms with Gasteiger partial charge >= 0.3 is 5.97 Å². The molecule has 3 amide bonds. The van der Waals surface area contributed by atoms with Crippen molar-refractivity contribution >= 4 is 40.9 Å². The molecule has 8 atom stereocenters. The van der Waals surface area contributed by atoms with Gasteiger partial charge in [0.25, 0.3) is 0 Å². The number of hydrogen-bond acceptors (Lipinski definition) is 10. The Hall–Kier alpha value is -2.97. The first-order chi connectivity index (χ1) is 23.9. The Bertz CT molecular complexity index is 1310. The van der Waals surface area contributed by atoms with Gasteiger partial charge in [0.1, 0.15) is 6.04 Å². The van der Waals surface area contributed by atoms with E-state index in [1.54, 1.807) is 28.1 Å². The first-order valence-electron chi connectivity index (χ1n) is 18.1. The second-order valence-corrected chi connectivity index (χ2v) is 15.2. The number of esters is 1. The molecule has 1 fully saturated rings. The predicted molar refractivity (Wildman–Crippen MR) is 203 cm³/mol. The van der Waals surface area contributed by atoms with Crippen LogP contribution in [-0.4, -0.2) is 115 Å². The summed E-state index contributed by atoms with van der Waals surface area (Å²) in [7, 11) is 6.41. The fourth-order valence-electron chi connectivity index (χ4n) is 7.17. The minimum absolute atomic E-state index is 0.0478. The molecule has 0 unspecified atom stereocenters. The third-order valence-electron chi connectivity index (χ3n) is 10.2. The molecule has 13 heteroatoms. The maximum atomic E-state index is 14.2. The number of imide groups is 1. The van der Waals surface area contributed by atoms with Crippen LogP contribution in [0.2, 0.25) is 0 Å². The second kappa shape index (κ2) is 20.3. The lowest BCUT2D eigenvalue weighted by molar-refractivity contribution is -0.143. The van der Waals surface area contributed by atoms with Crippen molar-refractivity contribution in [3.05, 3.63) is 35.9 Å². The van der Waals surface area contributed by atoms with Gasteiger partial charge in [0, 0.05) is 39.1 Å². The maximum absolute atomic E-state index is 14.2. The Labute approximate surface area is 310 Å². The van der Waals surface area contributed by atoms with Gasteiger partial charge in [-0.2, -0.15) is 0 Å². The van der Waals surface area contributed by atoms with E-state index in [1.165, 1.54) is 7.11 Å². The number of rotatable bonds is 19. The highest BCUT2D eigenvalue weighted by molar-refractivity contribution is 7.80. The van der Waals surface area contributed by atoms with Crippen molar-refractivity contribution in [2.75, 3.05) is 34.9 Å². The first-order valence-corrected chi connectivity index (χ1v) is 18.5. The van der Waals surface area contributed by atoms with E-state index < -0.39 is 47.6 Å². The lowest BCUT2D eigenvalue weighted by atomic mass is 9.87. The molecule has 1 aliphatic rings. The van der Waals surface area contributed by atoms with E-state index >= 15 is 0 Å². The Morgan fingerprint density at radius 1 is 1.06 bits per heavy atom. The summed E-state index contributed by atoms with van der Waals surface area (Å²) in [5, 5.41) is 5.72. The summed E-state index contributed by atoms with van der Waals surface area (Å²) in [5.74, 6) is -1.93. The largest absolute Gasteiger partial charge is 0.467 e. The third-order valence-corrected chi connectivity index (χ3v) is 10.7. The number of nitrogens with two attached hydrogens (primary N) is 1. The van der Waals surface area contributed by atoms with E-state index in [1.807, 2.05) is 68.0 Å². The Morgan fingerprint density at radius 2 is 1.69 bits per heavy atom. The molecule has 1 saturated heterocycles. The molecule has 1 aromatic rings. The van der Waals surface area contributed by atoms with Crippen molar-refractivity contribution in [2.45, 2.75) is 122 Å². The highest BCUT2D eigenvalue weighted by Gasteiger charge is 2.43. The maximum Gasteiger partial charge on any atom is 0.328 e. The van der Waals surface area contributed by atoms with Crippen molar-refractivity contribution in [3.63, 3.8) is 0 Å². The van der Waals surface area contributed by atoms with Crippen LogP contribution >= 0.6 is 12.2 Å². The number of nitrogens with zero attached hydrogens (tertiary/aromatic N) is 2. The van der Waals surface area contributed by atoms with E-state index in [9.17, 15) is 19.2 Å². The zero-order valence-electron chi connectivity index (χ0n) is 32.6. The zero-order valence-corrected chi connectivity index (χ0v) is 33.4. The van der Waals surface area contributed by atoms with Crippen LogP contribution in [0.3, 0.4) is 0 Å². The second-order valence-electron chi connectivity index (χ2n) is 14.8. The Balaban J connectivity index is 2.28. The average Bonchev–Trinajstić information content (AvgIpc) is 3.56. The van der Waals surface area contributed by atoms with Gasteiger partial charge in [-0.25, -0.2) is 4.79 Å². The number of likely N-dealkylation sites (N-methyl/N-ethyl adjacent to an activating group) is 1. The van der Waals surface area contributed by atoms with E-state index in [2.05, 4.69) is 24.5 Å². The number of methoxy groups -OCH3 is 3. The Kier molecular flexibility index (Phi) is 17.6. The summed E-state index contributed by atoms with van der Waals surface area (Å²) < 4.78 is 17.2. The van der Waals surface area contributed by atoms with Crippen molar-refractivity contribution in [2.24, 2.45) is 23.5 Å². The third kappa shape index (κ3) is 12.0. The standard InChI is InChI=1S/C38H63N5O7S/c1-12-24(4)32(42(8)31(23(2)3)34(45)41-37(47)38(6,7)39)29(48-9)22-30(44)43-20-16-19-28(43)33(49-10)25(5)35(51)40-27(36(46)50-11)21-26-17-14-13-15-18-26/h13-15,17-18,23-25,27-29,31-33H,12,16,19-22,39H2,1-11H3,(H,40,51)(H,41,45,47)/t24-,25+,27-,28-,29+,31-,32-,33+/m0/s1. The van der Waals surface area contributed by atoms with Crippen LogP contribution in [0.5, 0.6) is 0 Å². The number of carbonyl (C=O) groups excluding carboxylic acids is 4. The van der Waals surface area contributed by atoms with Crippen LogP contribution < -0.4 is 16.4 Å². The molecule has 288 valence electrons. The lowest BCUT2D eigenvalue weighted by Gasteiger charge is -2.43. The summed E-state index contributed by atoms with van der Waals surface area (Å²) in [6.45, 7) is 13.6. The van der Waals surface area contributed by atoms with E-state index in [0.717, 1.165) is 24.8 Å². The highest BCUT2D eigenvalue weighted by Crippen LogP contribution is 2.30. The molecule has 0 radical (unpaired) electrons. The monoisotopic (exact) mass is 733 g/mol. The Morgan fingerprint density at radius 3 is 2.20 bits per heavy atom. The summed E-state index contributed by atoms with van der Waals surface area (Å²) >= 11 is 5.84. The molecule has 51 heavy (non-hydrogen) atoms. The van der Waals surface area contributed by atoms with Crippen LogP contribution in [0.15, 0.2) is 30.3 Å². The number of hydrogen-bond donors (Lipinski definition) is 3. The fourth-order valence-corrected chi connectivity index (χ4v) is 7.45. The van der Waals surface area contributed by atoms with Gasteiger partial charge in [0.2, 0.25) is 17.7 Å². The van der Waals surface area contributed by atoms with Gasteiger partial charge in [-0.05, 0) is 51.1 Å². The molecular weight excluding hydrogens is 671 g/mol. The van der Waals surface area contributed by atoms with Crippen LogP contribution in [0.25, 0.3) is 0 Å². The number of benzene rings is 1. The van der Waals surface area contributed by atoms with Gasteiger partial charge in [0.15, 0.2) is 0 Å². The molecule has 0 saturated carbocycles. The average molecular weight is 734 g/mol. The quantitative estimate of drug-likeness (QED) is 0.142. The van der Waals surface area contributed by atoms with Crippen LogP contribution in [0.4, 0.5) is 0 Å². The highest BCUT2D eigenvalue weighted by atomic mass is 32.1. The molecule has 2 rings (SSSR count). The molecule has 1 aliphatic heterocycles. The fraction of sp³-hybridized carbons (Fsp3) is 0.711. The molecule has 0 spiro atoms. The summed E-state index contributed by atoms with van der Waals surface area (Å²) in [6, 6.07) is 7.72. The van der Waals surface area contributed by atoms with Crippen LogP contribution in [-0.2, 0) is 39.8 Å². The van der Waals surface area contributed by atoms with Crippen molar-refractivity contribution in [1.82, 2.24) is 20.4 Å². The SMILES string of the molecule is CC[C@H](C)[C@@H]([C@@H](CC(=O)N1CCC[C@H]1[C@H](OC)[C@@H](C)C(=S)N[C@@H](Cc1ccccc1)C(=O)OC)OC)N(C)[C@H](C(=O)NC(=O)C(C)(C)N)C(C)C. The van der Waals surface area contributed by atoms with E-state index in [0.29, 0.717) is 18.0 Å². The van der Waals surface area contributed by atoms with Crippen molar-refractivity contribution in [1.29, 1.82) is 0 Å². The number of likely N-dealkylation sites (tertiary alicyclic amines) is 1. The minimum atomic E-state index is -1.22. The molecule has 4 N–H and O–H groups in total. The van der Waals surface area contributed by atoms with Gasteiger partial charge in [-0.1, -0.05) is 83.6 Å². The smallest absolute Gasteiger partial charge is 0.328 e. The summed E-state index contributed by atoms with van der Waals surface area (Å²) in [4.78, 5) is 57.4. The molecule has 1 aromatic carbocycles. The number of ether oxygens (including phenoxy) is 3. The zero-order chi connectivity index (χ0) is 38.6. The first kappa shape index (κ1) is 44.2. The van der Waals surface area contributed by atoms with Gasteiger partial charge in [-0.15, -0.1) is 0 Å². The van der Waals surface area contributed by atoms with Gasteiger partial charge in [-0.3, -0.25) is 24.6 Å². The summed E-state index contributed by atoms with van der Waals surface area (Å²) in [6.07, 6.45) is 1.82. The summed E-state index contributed by atoms with van der Waals surface area (Å²) in [5.41, 5.74) is 5.71. The molecular formula is C38H63N5O7S. The lowest BCUT2D eigenvalue weighted by Crippen LogP contribution is -2.60. The number of nitrogens with one attached hydrogen (secondary N) is 2. The molecule has 12 nitrogen and oxygen atoms in total. The minimum Gasteiger partial charge on any atom is -0.467 e. The molecule has 1 heterocycles. The number of amides is 3. The molecule has 0 aliphatic carbocycles.